The molecule has 2 aliphatic heterocycles. The van der Waals surface area contributed by atoms with Gasteiger partial charge in [-0.05, 0) is 37.6 Å². The van der Waals surface area contributed by atoms with Gasteiger partial charge in [-0.2, -0.15) is 26.3 Å². The number of likely N-dealkylation sites (N-methyl/N-ethyl adjacent to an activating group) is 1. The van der Waals surface area contributed by atoms with Crippen molar-refractivity contribution in [1.82, 2.24) is 9.80 Å². The molecule has 0 amide bonds. The number of hydrogen-bond donors (Lipinski definition) is 2. The van der Waals surface area contributed by atoms with E-state index in [-0.39, 0.29) is 5.54 Å². The number of ether oxygens (including phenoxy) is 2. The molecule has 0 saturated carbocycles. The molecule has 35 heavy (non-hydrogen) atoms. The lowest BCUT2D eigenvalue weighted by Crippen LogP contribution is -2.59. The summed E-state index contributed by atoms with van der Waals surface area (Å²) in [6, 6.07) is 8.42. The van der Waals surface area contributed by atoms with Crippen LogP contribution in [0.4, 0.5) is 26.3 Å². The van der Waals surface area contributed by atoms with Crippen molar-refractivity contribution in [2.75, 3.05) is 47.0 Å². The van der Waals surface area contributed by atoms with Gasteiger partial charge in [0.15, 0.2) is 0 Å². The molecule has 0 atom stereocenters. The van der Waals surface area contributed by atoms with Crippen molar-refractivity contribution in [2.24, 2.45) is 0 Å². The van der Waals surface area contributed by atoms with E-state index in [4.69, 9.17) is 29.3 Å². The minimum Gasteiger partial charge on any atom is -0.497 e. The predicted octanol–water partition coefficient (Wildman–Crippen LogP) is 3.26. The largest absolute Gasteiger partial charge is 0.497 e. The first-order valence-corrected chi connectivity index (χ1v) is 10.4. The fourth-order valence-corrected chi connectivity index (χ4v) is 3.45. The second-order valence-electron chi connectivity index (χ2n) is 7.93. The summed E-state index contributed by atoms with van der Waals surface area (Å²) in [7, 11) is 3.96. The molecule has 8 nitrogen and oxygen atoms in total. The number of hydrogen-bond acceptors (Lipinski definition) is 6. The van der Waals surface area contributed by atoms with Gasteiger partial charge < -0.3 is 19.7 Å². The molecule has 2 N–H and O–H groups in total. The van der Waals surface area contributed by atoms with Crippen molar-refractivity contribution in [2.45, 2.75) is 37.3 Å². The zero-order valence-corrected chi connectivity index (χ0v) is 19.2. The number of aliphatic carboxylic acids is 2. The van der Waals surface area contributed by atoms with Gasteiger partial charge in [0.1, 0.15) is 5.75 Å². The van der Waals surface area contributed by atoms with E-state index in [0.717, 1.165) is 45.1 Å². The zero-order chi connectivity index (χ0) is 26.9. The van der Waals surface area contributed by atoms with Crippen LogP contribution in [0.25, 0.3) is 0 Å². The van der Waals surface area contributed by atoms with E-state index in [1.165, 1.54) is 18.4 Å². The molecule has 1 aromatic carbocycles. The van der Waals surface area contributed by atoms with Crippen LogP contribution in [0, 0.1) is 0 Å². The number of methoxy groups -OCH3 is 1. The van der Waals surface area contributed by atoms with Crippen LogP contribution in [0.3, 0.4) is 0 Å². The zero-order valence-electron chi connectivity index (χ0n) is 19.2. The first-order valence-electron chi connectivity index (χ1n) is 10.4. The molecule has 2 aliphatic rings. The molecule has 200 valence electrons. The van der Waals surface area contributed by atoms with Crippen LogP contribution in [-0.2, 0) is 20.9 Å². The van der Waals surface area contributed by atoms with Gasteiger partial charge >= 0.3 is 24.3 Å². The van der Waals surface area contributed by atoms with Crippen molar-refractivity contribution in [3.63, 3.8) is 0 Å². The first-order chi connectivity index (χ1) is 16.1. The van der Waals surface area contributed by atoms with E-state index in [9.17, 15) is 26.3 Å². The topological polar surface area (TPSA) is 99.5 Å². The third-order valence-electron chi connectivity index (χ3n) is 5.59. The maximum Gasteiger partial charge on any atom is 0.490 e. The SMILES string of the molecule is COc1ccc(CN2CCC3(CC2)COCCN3C)cc1.O=C(O)C(F)(F)F.O=C(O)C(F)(F)F. The number of halogens is 6. The number of piperidine rings is 1. The minimum atomic E-state index is -5.08. The highest BCUT2D eigenvalue weighted by atomic mass is 19.4. The van der Waals surface area contributed by atoms with Gasteiger partial charge in [-0.1, -0.05) is 12.1 Å². The second kappa shape index (κ2) is 12.9. The Balaban J connectivity index is 0.000000362. The van der Waals surface area contributed by atoms with Crippen LogP contribution in [-0.4, -0.2) is 96.8 Å². The molecular formula is C21H28F6N2O6. The van der Waals surface area contributed by atoms with Gasteiger partial charge in [0.2, 0.25) is 0 Å². The Morgan fingerprint density at radius 2 is 1.43 bits per heavy atom. The van der Waals surface area contributed by atoms with Crippen molar-refractivity contribution in [3.8, 4) is 5.75 Å². The average molecular weight is 518 g/mol. The molecule has 1 spiro atoms. The van der Waals surface area contributed by atoms with Crippen molar-refractivity contribution in [1.29, 1.82) is 0 Å². The Kier molecular flexibility index (Phi) is 11.2. The molecular weight excluding hydrogens is 490 g/mol. The van der Waals surface area contributed by atoms with E-state index < -0.39 is 24.3 Å². The first kappa shape index (κ1) is 30.5. The Morgan fingerprint density at radius 3 is 1.80 bits per heavy atom. The van der Waals surface area contributed by atoms with Gasteiger partial charge in [-0.3, -0.25) is 9.80 Å². The summed E-state index contributed by atoms with van der Waals surface area (Å²) in [5.41, 5.74) is 1.65. The van der Waals surface area contributed by atoms with Crippen molar-refractivity contribution in [3.05, 3.63) is 29.8 Å². The maximum atomic E-state index is 10.6. The highest BCUT2D eigenvalue weighted by Crippen LogP contribution is 2.31. The molecule has 1 aromatic rings. The van der Waals surface area contributed by atoms with E-state index in [1.54, 1.807) is 7.11 Å². The molecule has 2 saturated heterocycles. The van der Waals surface area contributed by atoms with Gasteiger partial charge in [0.05, 0.1) is 20.3 Å². The summed E-state index contributed by atoms with van der Waals surface area (Å²) in [4.78, 5) is 22.9. The summed E-state index contributed by atoms with van der Waals surface area (Å²) < 4.78 is 74.4. The number of alkyl halides is 6. The van der Waals surface area contributed by atoms with Crippen LogP contribution < -0.4 is 4.74 Å². The molecule has 0 aromatic heterocycles. The number of likely N-dealkylation sites (tertiary alicyclic amines) is 1. The molecule has 3 rings (SSSR count). The molecule has 0 radical (unpaired) electrons. The van der Waals surface area contributed by atoms with Crippen LogP contribution in [0.2, 0.25) is 0 Å². The van der Waals surface area contributed by atoms with Crippen LogP contribution >= 0.6 is 0 Å². The highest BCUT2D eigenvalue weighted by molar-refractivity contribution is 5.73. The van der Waals surface area contributed by atoms with E-state index in [2.05, 4.69) is 29.0 Å². The third-order valence-corrected chi connectivity index (χ3v) is 5.59. The molecule has 0 aliphatic carbocycles. The van der Waals surface area contributed by atoms with Crippen LogP contribution in [0.1, 0.15) is 18.4 Å². The van der Waals surface area contributed by atoms with Crippen LogP contribution in [0.15, 0.2) is 24.3 Å². The average Bonchev–Trinajstić information content (AvgIpc) is 2.77. The minimum absolute atomic E-state index is 0.286. The number of morpholine rings is 1. The highest BCUT2D eigenvalue weighted by Gasteiger charge is 2.40. The normalized spacial score (nSPS) is 18.5. The number of carboxylic acid groups (broad SMARTS) is 2. The smallest absolute Gasteiger partial charge is 0.490 e. The molecule has 14 heteroatoms. The summed E-state index contributed by atoms with van der Waals surface area (Å²) in [5.74, 6) is -4.59. The molecule has 0 unspecified atom stereocenters. The van der Waals surface area contributed by atoms with Gasteiger partial charge in [0.25, 0.3) is 0 Å². The quantitative estimate of drug-likeness (QED) is 0.589. The molecule has 2 heterocycles. The lowest BCUT2D eigenvalue weighted by Gasteiger charge is -2.49. The number of rotatable bonds is 3. The van der Waals surface area contributed by atoms with Crippen LogP contribution in [0.5, 0.6) is 5.75 Å². The Labute approximate surface area is 198 Å². The fraction of sp³-hybridized carbons (Fsp3) is 0.619. The lowest BCUT2D eigenvalue weighted by molar-refractivity contribution is -0.193. The van der Waals surface area contributed by atoms with Gasteiger partial charge in [-0.25, -0.2) is 9.59 Å². The van der Waals surface area contributed by atoms with Crippen molar-refractivity contribution < 1.29 is 55.6 Å². The lowest BCUT2D eigenvalue weighted by atomic mass is 9.85. The number of carboxylic acids is 2. The van der Waals surface area contributed by atoms with Gasteiger partial charge in [-0.15, -0.1) is 0 Å². The number of carbonyl (C=O) groups is 2. The number of benzene rings is 1. The number of nitrogens with zero attached hydrogens (tertiary/aromatic N) is 2. The second-order valence-corrected chi connectivity index (χ2v) is 7.93. The van der Waals surface area contributed by atoms with E-state index >= 15 is 0 Å². The van der Waals surface area contributed by atoms with E-state index in [0.29, 0.717) is 0 Å². The van der Waals surface area contributed by atoms with Crippen molar-refractivity contribution >= 4 is 11.9 Å². The summed E-state index contributed by atoms with van der Waals surface area (Å²) >= 11 is 0. The third kappa shape index (κ3) is 10.3. The van der Waals surface area contributed by atoms with Gasteiger partial charge in [0, 0.05) is 31.7 Å². The Hall–Kier alpha value is -2.58. The summed E-state index contributed by atoms with van der Waals surface area (Å²) in [6.45, 7) is 6.19. The predicted molar refractivity (Wildman–Crippen MR) is 111 cm³/mol. The Morgan fingerprint density at radius 1 is 0.971 bits per heavy atom. The summed E-state index contributed by atoms with van der Waals surface area (Å²) in [5, 5.41) is 14.2. The fourth-order valence-electron chi connectivity index (χ4n) is 3.45. The Bertz CT molecular complexity index is 784. The monoisotopic (exact) mass is 518 g/mol. The summed E-state index contributed by atoms with van der Waals surface area (Å²) in [6.07, 6.45) is -7.75. The van der Waals surface area contributed by atoms with E-state index in [1.807, 2.05) is 12.1 Å². The maximum absolute atomic E-state index is 10.6. The molecule has 2 fully saturated rings. The standard InChI is InChI=1S/C17H26N2O2.2C2HF3O2/c1-18-11-12-21-14-17(18)7-9-19(10-8-17)13-15-3-5-16(20-2)6-4-15;2*3-2(4,5)1(6)7/h3-6H,7-14H2,1-2H3;2*(H,6,7). The molecule has 0 bridgehead atoms.